The maximum atomic E-state index is 12.7. The van der Waals surface area contributed by atoms with Crippen LogP contribution in [0.5, 0.6) is 0 Å². The van der Waals surface area contributed by atoms with E-state index in [-0.39, 0.29) is 17.2 Å². The van der Waals surface area contributed by atoms with E-state index in [0.717, 1.165) is 54.3 Å². The molecule has 5 rings (SSSR count). The Morgan fingerprint density at radius 2 is 1.81 bits per heavy atom. The third kappa shape index (κ3) is 4.10. The predicted molar refractivity (Wildman–Crippen MR) is 122 cm³/mol. The second kappa shape index (κ2) is 7.77. The van der Waals surface area contributed by atoms with Gasteiger partial charge in [0.1, 0.15) is 12.7 Å². The van der Waals surface area contributed by atoms with Crippen molar-refractivity contribution in [3.63, 3.8) is 0 Å². The highest BCUT2D eigenvalue weighted by Crippen LogP contribution is 2.39. The molecule has 1 atom stereocenters. The van der Waals surface area contributed by atoms with Crippen molar-refractivity contribution in [1.29, 1.82) is 0 Å². The fraction of sp³-hybridized carbons (Fsp3) is 0.583. The van der Waals surface area contributed by atoms with Gasteiger partial charge in [-0.2, -0.15) is 0 Å². The highest BCUT2D eigenvalue weighted by atomic mass is 16.2. The summed E-state index contributed by atoms with van der Waals surface area (Å²) in [4.78, 5) is 26.4. The van der Waals surface area contributed by atoms with Gasteiger partial charge in [-0.1, -0.05) is 32.9 Å². The molecule has 164 valence electrons. The van der Waals surface area contributed by atoms with Gasteiger partial charge in [0.2, 0.25) is 5.91 Å². The van der Waals surface area contributed by atoms with Crippen LogP contribution in [-0.4, -0.2) is 37.5 Å². The topological polar surface area (TPSA) is 84.7 Å². The molecule has 3 aliphatic rings. The molecule has 0 spiro atoms. The molecule has 2 fully saturated rings. The van der Waals surface area contributed by atoms with Gasteiger partial charge in [0.05, 0.1) is 5.92 Å². The van der Waals surface area contributed by atoms with Crippen LogP contribution in [0, 0.1) is 17.3 Å². The number of hydrogen-bond donors (Lipinski definition) is 2. The molecule has 2 N–H and O–H groups in total. The quantitative estimate of drug-likeness (QED) is 0.710. The van der Waals surface area contributed by atoms with Crippen molar-refractivity contribution in [3.8, 4) is 0 Å². The van der Waals surface area contributed by atoms with Crippen molar-refractivity contribution in [1.82, 2.24) is 24.8 Å². The van der Waals surface area contributed by atoms with Crippen molar-refractivity contribution < 1.29 is 4.79 Å². The Morgan fingerprint density at radius 3 is 2.55 bits per heavy atom. The van der Waals surface area contributed by atoms with E-state index in [2.05, 4.69) is 58.5 Å². The van der Waals surface area contributed by atoms with Gasteiger partial charge in [-0.25, -0.2) is 15.0 Å². The van der Waals surface area contributed by atoms with Crippen LogP contribution >= 0.6 is 0 Å². The average molecular weight is 421 g/mol. The van der Waals surface area contributed by atoms with E-state index in [0.29, 0.717) is 12.1 Å². The number of hydrogen-bond acceptors (Lipinski definition) is 5. The molecule has 0 bridgehead atoms. The molecule has 7 nitrogen and oxygen atoms in total. The van der Waals surface area contributed by atoms with Crippen LogP contribution in [0.25, 0.3) is 16.9 Å². The normalized spacial score (nSPS) is 27.7. The fourth-order valence-electron chi connectivity index (χ4n) is 4.66. The molecule has 2 heterocycles. The van der Waals surface area contributed by atoms with E-state index in [1.165, 1.54) is 12.8 Å². The van der Waals surface area contributed by atoms with Gasteiger partial charge in [-0.3, -0.25) is 9.36 Å². The third-order valence-electron chi connectivity index (χ3n) is 6.89. The molecule has 0 saturated heterocycles. The summed E-state index contributed by atoms with van der Waals surface area (Å²) in [5, 5.41) is 6.73. The lowest BCUT2D eigenvalue weighted by Gasteiger charge is -2.30. The van der Waals surface area contributed by atoms with Gasteiger partial charge < -0.3 is 10.6 Å². The Morgan fingerprint density at radius 1 is 1.06 bits per heavy atom. The summed E-state index contributed by atoms with van der Waals surface area (Å²) in [5.41, 5.74) is 2.34. The standard InChI is InChI=1S/C24H32N6O/c1-15-4-6-17(7-5-15)28-21-20-22(26-13-25-21)30(14-27-20)19-12-16(10-11-24(19,2)3)23(31)29-18-8-9-18/h10-18H,4-9H2,1-3H3,(H,29,31)(H,25,26,28). The first kappa shape index (κ1) is 20.2. The molecule has 0 radical (unpaired) electrons. The lowest BCUT2D eigenvalue weighted by atomic mass is 9.81. The number of carbonyl (C=O) groups excluding carboxylic acids is 1. The van der Waals surface area contributed by atoms with Crippen LogP contribution in [0.1, 0.15) is 59.3 Å². The molecular formula is C24H32N6O. The van der Waals surface area contributed by atoms with E-state index < -0.39 is 0 Å². The van der Waals surface area contributed by atoms with E-state index in [1.54, 1.807) is 6.33 Å². The number of rotatable bonds is 5. The number of nitrogens with zero attached hydrogens (tertiary/aromatic N) is 4. The zero-order valence-corrected chi connectivity index (χ0v) is 18.6. The minimum atomic E-state index is -0.273. The molecule has 31 heavy (non-hydrogen) atoms. The summed E-state index contributed by atoms with van der Waals surface area (Å²) < 4.78 is 2.02. The molecule has 7 heteroatoms. The van der Waals surface area contributed by atoms with Crippen LogP contribution < -0.4 is 10.6 Å². The SMILES string of the molecule is CC1CCC(Nc2ncnc3c2ncn3C2=CC(C(=O)NC3CC3)C=CC2(C)C)CC1. The first-order valence-electron chi connectivity index (χ1n) is 11.6. The molecule has 1 unspecified atom stereocenters. The number of amides is 1. The molecule has 0 aromatic carbocycles. The molecule has 2 saturated carbocycles. The molecular weight excluding hydrogens is 388 g/mol. The fourth-order valence-corrected chi connectivity index (χ4v) is 4.66. The number of fused-ring (bicyclic) bond motifs is 1. The molecule has 0 aliphatic heterocycles. The van der Waals surface area contributed by atoms with E-state index in [9.17, 15) is 4.79 Å². The van der Waals surface area contributed by atoms with Gasteiger partial charge in [-0.15, -0.1) is 0 Å². The summed E-state index contributed by atoms with van der Waals surface area (Å²) in [6.45, 7) is 6.63. The Labute approximate surface area is 183 Å². The molecule has 1 amide bonds. The summed E-state index contributed by atoms with van der Waals surface area (Å²) in [7, 11) is 0. The minimum absolute atomic E-state index is 0.0691. The lowest BCUT2D eigenvalue weighted by Crippen LogP contribution is -2.33. The average Bonchev–Trinajstić information content (AvgIpc) is 3.45. The summed E-state index contributed by atoms with van der Waals surface area (Å²) in [5.74, 6) is 1.40. The van der Waals surface area contributed by atoms with Gasteiger partial charge >= 0.3 is 0 Å². The minimum Gasteiger partial charge on any atom is -0.365 e. The van der Waals surface area contributed by atoms with Crippen LogP contribution in [0.3, 0.4) is 0 Å². The molecule has 2 aromatic heterocycles. The van der Waals surface area contributed by atoms with Crippen LogP contribution in [0.15, 0.2) is 30.9 Å². The van der Waals surface area contributed by atoms with Crippen LogP contribution in [0.2, 0.25) is 0 Å². The highest BCUT2D eigenvalue weighted by Gasteiger charge is 2.32. The number of allylic oxidation sites excluding steroid dienone is 2. The Bertz CT molecular complexity index is 1040. The van der Waals surface area contributed by atoms with Crippen molar-refractivity contribution in [2.45, 2.75) is 71.4 Å². The Hall–Kier alpha value is -2.70. The first-order valence-corrected chi connectivity index (χ1v) is 11.6. The van der Waals surface area contributed by atoms with Crippen molar-refractivity contribution >= 4 is 28.6 Å². The first-order chi connectivity index (χ1) is 14.9. The summed E-state index contributed by atoms with van der Waals surface area (Å²) in [6.07, 6.45) is 16.6. The maximum Gasteiger partial charge on any atom is 0.231 e. The zero-order valence-electron chi connectivity index (χ0n) is 18.6. The maximum absolute atomic E-state index is 12.7. The smallest absolute Gasteiger partial charge is 0.231 e. The predicted octanol–water partition coefficient (Wildman–Crippen LogP) is 4.15. The van der Waals surface area contributed by atoms with Crippen molar-refractivity contribution in [2.24, 2.45) is 17.3 Å². The number of carbonyl (C=O) groups is 1. The molecule has 2 aromatic rings. The largest absolute Gasteiger partial charge is 0.365 e. The highest BCUT2D eigenvalue weighted by molar-refractivity contribution is 5.88. The van der Waals surface area contributed by atoms with Gasteiger partial charge in [0.15, 0.2) is 17.0 Å². The second-order valence-electron chi connectivity index (χ2n) is 10.1. The number of anilines is 1. The van der Waals surface area contributed by atoms with Crippen molar-refractivity contribution in [3.05, 3.63) is 30.9 Å². The number of aromatic nitrogens is 4. The Balaban J connectivity index is 1.44. The Kier molecular flexibility index (Phi) is 5.07. The second-order valence-corrected chi connectivity index (χ2v) is 10.1. The monoisotopic (exact) mass is 420 g/mol. The third-order valence-corrected chi connectivity index (χ3v) is 6.89. The lowest BCUT2D eigenvalue weighted by molar-refractivity contribution is -0.122. The van der Waals surface area contributed by atoms with E-state index in [4.69, 9.17) is 0 Å². The van der Waals surface area contributed by atoms with E-state index >= 15 is 0 Å². The van der Waals surface area contributed by atoms with Gasteiger partial charge in [0, 0.05) is 23.2 Å². The van der Waals surface area contributed by atoms with Crippen molar-refractivity contribution in [2.75, 3.05) is 5.32 Å². The van der Waals surface area contributed by atoms with E-state index in [1.807, 2.05) is 17.0 Å². The van der Waals surface area contributed by atoms with Gasteiger partial charge in [0.25, 0.3) is 0 Å². The van der Waals surface area contributed by atoms with Gasteiger partial charge in [-0.05, 0) is 50.5 Å². The number of imidazole rings is 1. The number of nitrogens with one attached hydrogen (secondary N) is 2. The zero-order chi connectivity index (χ0) is 21.6. The summed E-state index contributed by atoms with van der Waals surface area (Å²) in [6, 6.07) is 0.786. The molecule has 3 aliphatic carbocycles. The summed E-state index contributed by atoms with van der Waals surface area (Å²) >= 11 is 0. The van der Waals surface area contributed by atoms with Crippen LogP contribution in [0.4, 0.5) is 5.82 Å². The van der Waals surface area contributed by atoms with Crippen LogP contribution in [-0.2, 0) is 4.79 Å².